The molecule has 0 aliphatic carbocycles. The van der Waals surface area contributed by atoms with Crippen molar-refractivity contribution in [3.8, 4) is 5.75 Å². The van der Waals surface area contributed by atoms with Crippen molar-refractivity contribution in [1.82, 2.24) is 10.3 Å². The number of benzene rings is 1. The lowest BCUT2D eigenvalue weighted by molar-refractivity contribution is 0.299. The summed E-state index contributed by atoms with van der Waals surface area (Å²) in [6.07, 6.45) is 0. The molecular formula is C17H21FN2O. The third-order valence-electron chi connectivity index (χ3n) is 3.06. The predicted molar refractivity (Wildman–Crippen MR) is 81.7 cm³/mol. The highest BCUT2D eigenvalue weighted by Gasteiger charge is 2.07. The van der Waals surface area contributed by atoms with Gasteiger partial charge in [-0.05, 0) is 36.8 Å². The minimum Gasteiger partial charge on any atom is -0.487 e. The Morgan fingerprint density at radius 1 is 1.14 bits per heavy atom. The van der Waals surface area contributed by atoms with E-state index in [-0.39, 0.29) is 5.82 Å². The number of nitrogens with zero attached hydrogens (tertiary/aromatic N) is 1. The molecule has 0 amide bonds. The first-order chi connectivity index (χ1) is 10.0. The topological polar surface area (TPSA) is 34.1 Å². The van der Waals surface area contributed by atoms with Crippen LogP contribution in [-0.4, -0.2) is 11.0 Å². The molecule has 0 aliphatic rings. The number of hydrogen-bond donors (Lipinski definition) is 1. The molecule has 21 heavy (non-hydrogen) atoms. The van der Waals surface area contributed by atoms with Crippen molar-refractivity contribution in [2.45, 2.75) is 40.0 Å². The molecule has 112 valence electrons. The summed E-state index contributed by atoms with van der Waals surface area (Å²) in [4.78, 5) is 4.52. The summed E-state index contributed by atoms with van der Waals surface area (Å²) in [5.74, 6) is 0.524. The molecule has 0 fully saturated rings. The number of ether oxygens (including phenoxy) is 1. The van der Waals surface area contributed by atoms with Crippen molar-refractivity contribution >= 4 is 0 Å². The van der Waals surface area contributed by atoms with E-state index in [0.29, 0.717) is 19.2 Å². The van der Waals surface area contributed by atoms with Gasteiger partial charge in [0.05, 0.1) is 5.69 Å². The zero-order valence-electron chi connectivity index (χ0n) is 12.7. The second-order valence-electron chi connectivity index (χ2n) is 5.35. The largest absolute Gasteiger partial charge is 0.487 e. The summed E-state index contributed by atoms with van der Waals surface area (Å²) in [7, 11) is 0. The molecule has 0 bridgehead atoms. The van der Waals surface area contributed by atoms with Crippen molar-refractivity contribution in [1.29, 1.82) is 0 Å². The number of halogens is 1. The summed E-state index contributed by atoms with van der Waals surface area (Å²) < 4.78 is 18.7. The van der Waals surface area contributed by atoms with Crippen LogP contribution in [0.2, 0.25) is 0 Å². The molecule has 4 heteroatoms. The Bertz CT molecular complexity index is 582. The van der Waals surface area contributed by atoms with Crippen molar-refractivity contribution in [3.63, 3.8) is 0 Å². The van der Waals surface area contributed by atoms with Gasteiger partial charge in [0.1, 0.15) is 18.2 Å². The van der Waals surface area contributed by atoms with E-state index >= 15 is 0 Å². The van der Waals surface area contributed by atoms with Gasteiger partial charge in [-0.25, -0.2) is 4.39 Å². The molecule has 1 aromatic heterocycles. The lowest BCUT2D eigenvalue weighted by Crippen LogP contribution is -2.23. The highest BCUT2D eigenvalue weighted by molar-refractivity contribution is 5.30. The maximum absolute atomic E-state index is 12.9. The summed E-state index contributed by atoms with van der Waals surface area (Å²) in [5, 5.41) is 3.34. The third kappa shape index (κ3) is 4.83. The summed E-state index contributed by atoms with van der Waals surface area (Å²) >= 11 is 0. The van der Waals surface area contributed by atoms with Crippen LogP contribution < -0.4 is 10.1 Å². The number of nitrogens with one attached hydrogen (secondary N) is 1. The monoisotopic (exact) mass is 288 g/mol. The van der Waals surface area contributed by atoms with E-state index in [2.05, 4.69) is 24.1 Å². The highest BCUT2D eigenvalue weighted by atomic mass is 19.1. The molecule has 0 spiro atoms. The van der Waals surface area contributed by atoms with E-state index in [0.717, 1.165) is 22.7 Å². The quantitative estimate of drug-likeness (QED) is 0.881. The lowest BCUT2D eigenvalue weighted by atomic mass is 10.2. The van der Waals surface area contributed by atoms with Gasteiger partial charge in [0.15, 0.2) is 0 Å². The third-order valence-corrected chi connectivity index (χ3v) is 3.06. The van der Waals surface area contributed by atoms with Gasteiger partial charge >= 0.3 is 0 Å². The van der Waals surface area contributed by atoms with Gasteiger partial charge in [0.2, 0.25) is 0 Å². The first-order valence-electron chi connectivity index (χ1n) is 7.12. The molecule has 0 aliphatic heterocycles. The van der Waals surface area contributed by atoms with E-state index in [1.54, 1.807) is 12.1 Å². The second kappa shape index (κ2) is 7.18. The maximum atomic E-state index is 12.9. The van der Waals surface area contributed by atoms with Crippen molar-refractivity contribution in [3.05, 3.63) is 59.2 Å². The predicted octanol–water partition coefficient (Wildman–Crippen LogP) is 3.61. The average molecular weight is 288 g/mol. The molecule has 0 radical (unpaired) electrons. The summed E-state index contributed by atoms with van der Waals surface area (Å²) in [5.41, 5.74) is 2.79. The van der Waals surface area contributed by atoms with Crippen LogP contribution in [0, 0.1) is 12.7 Å². The van der Waals surface area contributed by atoms with Crippen LogP contribution in [0.25, 0.3) is 0 Å². The molecule has 2 aromatic rings. The van der Waals surface area contributed by atoms with E-state index in [9.17, 15) is 4.39 Å². The van der Waals surface area contributed by atoms with Crippen LogP contribution in [-0.2, 0) is 13.2 Å². The number of hydrogen-bond acceptors (Lipinski definition) is 3. The molecule has 0 saturated heterocycles. The Morgan fingerprint density at radius 3 is 2.52 bits per heavy atom. The highest BCUT2D eigenvalue weighted by Crippen LogP contribution is 2.18. The molecule has 0 saturated carbocycles. The normalized spacial score (nSPS) is 10.9. The Labute approximate surface area is 125 Å². The van der Waals surface area contributed by atoms with Gasteiger partial charge in [-0.15, -0.1) is 0 Å². The molecule has 1 aromatic carbocycles. The molecule has 1 N–H and O–H groups in total. The van der Waals surface area contributed by atoms with Gasteiger partial charge < -0.3 is 10.1 Å². The van der Waals surface area contributed by atoms with Gasteiger partial charge in [0.25, 0.3) is 0 Å². The van der Waals surface area contributed by atoms with E-state index in [1.807, 2.05) is 19.1 Å². The molecule has 3 nitrogen and oxygen atoms in total. The fraction of sp³-hybridized carbons (Fsp3) is 0.353. The van der Waals surface area contributed by atoms with E-state index in [1.165, 1.54) is 12.1 Å². The van der Waals surface area contributed by atoms with E-state index < -0.39 is 0 Å². The smallest absolute Gasteiger partial charge is 0.142 e. The van der Waals surface area contributed by atoms with Crippen LogP contribution in [0.3, 0.4) is 0 Å². The Morgan fingerprint density at radius 2 is 1.86 bits per heavy atom. The molecule has 2 rings (SSSR count). The van der Waals surface area contributed by atoms with Crippen LogP contribution in [0.5, 0.6) is 5.75 Å². The number of aryl methyl sites for hydroxylation is 1. The maximum Gasteiger partial charge on any atom is 0.142 e. The van der Waals surface area contributed by atoms with Crippen molar-refractivity contribution in [2.24, 2.45) is 0 Å². The van der Waals surface area contributed by atoms with Gasteiger partial charge in [-0.3, -0.25) is 4.98 Å². The van der Waals surface area contributed by atoms with E-state index in [4.69, 9.17) is 4.74 Å². The Hall–Kier alpha value is -1.94. The molecular weight excluding hydrogens is 267 g/mol. The summed E-state index contributed by atoms with van der Waals surface area (Å²) in [6, 6.07) is 10.6. The SMILES string of the molecule is Cc1ccc(OCc2ccc(F)cc2)c(CNC(C)C)n1. The second-order valence-corrected chi connectivity index (χ2v) is 5.35. The standard InChI is InChI=1S/C17H21FN2O/c1-12(2)19-10-16-17(9-4-13(3)20-16)21-11-14-5-7-15(18)8-6-14/h4-9,12,19H,10-11H2,1-3H3. The minimum absolute atomic E-state index is 0.238. The van der Waals surface area contributed by atoms with Crippen molar-refractivity contribution in [2.75, 3.05) is 0 Å². The minimum atomic E-state index is -0.238. The van der Waals surface area contributed by atoms with Crippen LogP contribution in [0.4, 0.5) is 4.39 Å². The van der Waals surface area contributed by atoms with Crippen LogP contribution in [0.15, 0.2) is 36.4 Å². The molecule has 0 atom stereocenters. The number of pyridine rings is 1. The molecule has 1 heterocycles. The fourth-order valence-electron chi connectivity index (χ4n) is 1.90. The zero-order valence-corrected chi connectivity index (χ0v) is 12.7. The van der Waals surface area contributed by atoms with Crippen molar-refractivity contribution < 1.29 is 9.13 Å². The molecule has 0 unspecified atom stereocenters. The Kier molecular flexibility index (Phi) is 5.28. The van der Waals surface area contributed by atoms with Gasteiger partial charge in [0, 0.05) is 18.3 Å². The van der Waals surface area contributed by atoms with Crippen LogP contribution in [0.1, 0.15) is 30.8 Å². The Balaban J connectivity index is 2.06. The number of aromatic nitrogens is 1. The van der Waals surface area contributed by atoms with Gasteiger partial charge in [-0.1, -0.05) is 26.0 Å². The van der Waals surface area contributed by atoms with Crippen LogP contribution >= 0.6 is 0 Å². The first-order valence-corrected chi connectivity index (χ1v) is 7.12. The zero-order chi connectivity index (χ0) is 15.2. The average Bonchev–Trinajstić information content (AvgIpc) is 2.45. The number of rotatable bonds is 6. The summed E-state index contributed by atoms with van der Waals surface area (Å²) in [6.45, 7) is 7.21. The first kappa shape index (κ1) is 15.4. The lowest BCUT2D eigenvalue weighted by Gasteiger charge is -2.13. The fourth-order valence-corrected chi connectivity index (χ4v) is 1.90. The van der Waals surface area contributed by atoms with Gasteiger partial charge in [-0.2, -0.15) is 0 Å².